The van der Waals surface area contributed by atoms with Crippen LogP contribution in [0, 0.1) is 23.6 Å². The van der Waals surface area contributed by atoms with Crippen LogP contribution in [0.3, 0.4) is 0 Å². The van der Waals surface area contributed by atoms with Crippen molar-refractivity contribution in [2.45, 2.75) is 32.6 Å². The lowest BCUT2D eigenvalue weighted by molar-refractivity contribution is -0.145. The fourth-order valence-corrected chi connectivity index (χ4v) is 3.00. The zero-order chi connectivity index (χ0) is 13.1. The maximum absolute atomic E-state index is 13.6. The van der Waals surface area contributed by atoms with Gasteiger partial charge in [-0.3, -0.25) is 4.79 Å². The first-order chi connectivity index (χ1) is 8.58. The summed E-state index contributed by atoms with van der Waals surface area (Å²) in [5, 5.41) is 9.25. The van der Waals surface area contributed by atoms with E-state index in [4.69, 9.17) is 0 Å². The lowest BCUT2D eigenvalue weighted by Crippen LogP contribution is -2.31. The van der Waals surface area contributed by atoms with Gasteiger partial charge in [-0.05, 0) is 49.1 Å². The van der Waals surface area contributed by atoms with Crippen molar-refractivity contribution < 1.29 is 14.3 Å². The van der Waals surface area contributed by atoms with Gasteiger partial charge >= 0.3 is 5.97 Å². The van der Waals surface area contributed by atoms with Gasteiger partial charge in [0, 0.05) is 0 Å². The highest BCUT2D eigenvalue weighted by molar-refractivity contribution is 5.70. The van der Waals surface area contributed by atoms with Gasteiger partial charge in [0.15, 0.2) is 0 Å². The molecule has 0 saturated heterocycles. The van der Waals surface area contributed by atoms with Crippen molar-refractivity contribution in [3.05, 3.63) is 35.6 Å². The van der Waals surface area contributed by atoms with Gasteiger partial charge in [0.2, 0.25) is 0 Å². The first-order valence-corrected chi connectivity index (χ1v) is 6.54. The number of rotatable bonds is 3. The minimum atomic E-state index is -0.733. The van der Waals surface area contributed by atoms with Crippen LogP contribution in [0.1, 0.15) is 31.7 Å². The highest BCUT2D eigenvalue weighted by Crippen LogP contribution is 2.36. The van der Waals surface area contributed by atoms with Crippen molar-refractivity contribution in [1.29, 1.82) is 0 Å². The Kier molecular flexibility index (Phi) is 4.00. The van der Waals surface area contributed by atoms with Gasteiger partial charge < -0.3 is 5.11 Å². The SMILES string of the molecule is CC1CCC(C(=O)O)C(Cc2ccccc2F)C1. The zero-order valence-electron chi connectivity index (χ0n) is 10.6. The molecule has 1 N–H and O–H groups in total. The van der Waals surface area contributed by atoms with E-state index in [2.05, 4.69) is 6.92 Å². The molecule has 3 atom stereocenters. The summed E-state index contributed by atoms with van der Waals surface area (Å²) < 4.78 is 13.6. The summed E-state index contributed by atoms with van der Waals surface area (Å²) in [5.74, 6) is -0.676. The Morgan fingerprint density at radius 2 is 2.11 bits per heavy atom. The summed E-state index contributed by atoms with van der Waals surface area (Å²) in [5.41, 5.74) is 0.642. The average molecular weight is 250 g/mol. The largest absolute Gasteiger partial charge is 0.481 e. The number of carboxylic acid groups (broad SMARTS) is 1. The molecule has 1 fully saturated rings. The minimum Gasteiger partial charge on any atom is -0.481 e. The van der Waals surface area contributed by atoms with Gasteiger partial charge in [-0.2, -0.15) is 0 Å². The summed E-state index contributed by atoms with van der Waals surface area (Å²) >= 11 is 0. The molecule has 2 nitrogen and oxygen atoms in total. The van der Waals surface area contributed by atoms with Crippen LogP contribution >= 0.6 is 0 Å². The highest BCUT2D eigenvalue weighted by Gasteiger charge is 2.33. The number of aliphatic carboxylic acids is 1. The molecular weight excluding hydrogens is 231 g/mol. The van der Waals surface area contributed by atoms with Gasteiger partial charge in [-0.25, -0.2) is 4.39 Å². The summed E-state index contributed by atoms with van der Waals surface area (Å²) in [7, 11) is 0. The van der Waals surface area contributed by atoms with Crippen LogP contribution in [0.2, 0.25) is 0 Å². The van der Waals surface area contributed by atoms with E-state index < -0.39 is 5.97 Å². The van der Waals surface area contributed by atoms with Gasteiger partial charge in [-0.1, -0.05) is 25.1 Å². The Labute approximate surface area is 107 Å². The number of halogens is 1. The average Bonchev–Trinajstić information content (AvgIpc) is 2.32. The first kappa shape index (κ1) is 13.1. The van der Waals surface area contributed by atoms with Crippen LogP contribution in [-0.4, -0.2) is 11.1 Å². The molecule has 3 unspecified atom stereocenters. The van der Waals surface area contributed by atoms with Crippen molar-refractivity contribution in [2.24, 2.45) is 17.8 Å². The molecule has 0 bridgehead atoms. The molecule has 0 heterocycles. The van der Waals surface area contributed by atoms with Crippen molar-refractivity contribution in [3.8, 4) is 0 Å². The Hall–Kier alpha value is -1.38. The highest BCUT2D eigenvalue weighted by atomic mass is 19.1. The van der Waals surface area contributed by atoms with Gasteiger partial charge in [-0.15, -0.1) is 0 Å². The van der Waals surface area contributed by atoms with E-state index >= 15 is 0 Å². The Bertz CT molecular complexity index is 430. The molecule has 1 aliphatic rings. The second-order valence-corrected chi connectivity index (χ2v) is 5.42. The standard InChI is InChI=1S/C15H19FO2/c1-10-6-7-13(15(17)18)12(8-10)9-11-4-2-3-5-14(11)16/h2-5,10,12-13H,6-9H2,1H3,(H,17,18). The molecule has 2 rings (SSSR count). The van der Waals surface area contributed by atoms with Gasteiger partial charge in [0.25, 0.3) is 0 Å². The summed E-state index contributed by atoms with van der Waals surface area (Å²) in [6, 6.07) is 6.67. The smallest absolute Gasteiger partial charge is 0.306 e. The molecule has 1 aromatic rings. The molecule has 1 aromatic carbocycles. The van der Waals surface area contributed by atoms with Crippen LogP contribution in [0.25, 0.3) is 0 Å². The van der Waals surface area contributed by atoms with E-state index in [1.165, 1.54) is 6.07 Å². The minimum absolute atomic E-state index is 0.0585. The monoisotopic (exact) mass is 250 g/mol. The third-order valence-corrected chi connectivity index (χ3v) is 4.00. The van der Waals surface area contributed by atoms with E-state index in [0.29, 0.717) is 17.9 Å². The number of hydrogen-bond donors (Lipinski definition) is 1. The van der Waals surface area contributed by atoms with Crippen LogP contribution < -0.4 is 0 Å². The molecule has 0 radical (unpaired) electrons. The molecular formula is C15H19FO2. The molecule has 0 amide bonds. The van der Waals surface area contributed by atoms with E-state index in [0.717, 1.165) is 19.3 Å². The Morgan fingerprint density at radius 3 is 2.78 bits per heavy atom. The predicted octanol–water partition coefficient (Wildman–Crippen LogP) is 3.51. The van der Waals surface area contributed by atoms with Crippen molar-refractivity contribution >= 4 is 5.97 Å². The topological polar surface area (TPSA) is 37.3 Å². The normalized spacial score (nSPS) is 28.0. The van der Waals surface area contributed by atoms with Crippen LogP contribution in [0.15, 0.2) is 24.3 Å². The van der Waals surface area contributed by atoms with Crippen molar-refractivity contribution in [1.82, 2.24) is 0 Å². The molecule has 18 heavy (non-hydrogen) atoms. The van der Waals surface area contributed by atoms with E-state index in [9.17, 15) is 14.3 Å². The lowest BCUT2D eigenvalue weighted by atomic mass is 9.72. The molecule has 98 valence electrons. The van der Waals surface area contributed by atoms with Crippen LogP contribution in [-0.2, 0) is 11.2 Å². The molecule has 0 aromatic heterocycles. The Morgan fingerprint density at radius 1 is 1.39 bits per heavy atom. The number of carbonyl (C=O) groups is 1. The van der Waals surface area contributed by atoms with Crippen molar-refractivity contribution in [3.63, 3.8) is 0 Å². The van der Waals surface area contributed by atoms with Crippen molar-refractivity contribution in [2.75, 3.05) is 0 Å². The third-order valence-electron chi connectivity index (χ3n) is 4.00. The maximum atomic E-state index is 13.6. The number of benzene rings is 1. The number of hydrogen-bond acceptors (Lipinski definition) is 1. The molecule has 0 aliphatic heterocycles. The van der Waals surface area contributed by atoms with Crippen LogP contribution in [0.5, 0.6) is 0 Å². The fraction of sp³-hybridized carbons (Fsp3) is 0.533. The van der Waals surface area contributed by atoms with Gasteiger partial charge in [0.05, 0.1) is 5.92 Å². The maximum Gasteiger partial charge on any atom is 0.306 e. The summed E-state index contributed by atoms with van der Waals surface area (Å²) in [6.07, 6.45) is 3.10. The quantitative estimate of drug-likeness (QED) is 0.891. The van der Waals surface area contributed by atoms with E-state index in [1.807, 2.05) is 0 Å². The summed E-state index contributed by atoms with van der Waals surface area (Å²) in [4.78, 5) is 11.3. The number of carboxylic acids is 1. The third kappa shape index (κ3) is 2.89. The zero-order valence-corrected chi connectivity index (χ0v) is 10.6. The Balaban J connectivity index is 2.14. The molecule has 1 saturated carbocycles. The predicted molar refractivity (Wildman–Crippen MR) is 67.7 cm³/mol. The van der Waals surface area contributed by atoms with E-state index in [1.54, 1.807) is 18.2 Å². The molecule has 1 aliphatic carbocycles. The van der Waals surface area contributed by atoms with E-state index in [-0.39, 0.29) is 17.7 Å². The van der Waals surface area contributed by atoms with Crippen LogP contribution in [0.4, 0.5) is 4.39 Å². The summed E-state index contributed by atoms with van der Waals surface area (Å²) in [6.45, 7) is 2.15. The first-order valence-electron chi connectivity index (χ1n) is 6.54. The van der Waals surface area contributed by atoms with Gasteiger partial charge in [0.1, 0.15) is 5.82 Å². The second-order valence-electron chi connectivity index (χ2n) is 5.42. The second kappa shape index (κ2) is 5.51. The fourth-order valence-electron chi connectivity index (χ4n) is 3.00. The molecule has 3 heteroatoms. The molecule has 0 spiro atoms. The lowest BCUT2D eigenvalue weighted by Gasteiger charge is -2.32.